The number of ether oxygens (including phenoxy) is 1. The van der Waals surface area contributed by atoms with Crippen LogP contribution in [-0.4, -0.2) is 23.4 Å². The number of aliphatic hydroxyl groups is 1. The van der Waals surface area contributed by atoms with E-state index in [0.717, 1.165) is 19.3 Å². The minimum atomic E-state index is 0.00505. The molecule has 0 aromatic rings. The van der Waals surface area contributed by atoms with Crippen molar-refractivity contribution in [2.75, 3.05) is 6.61 Å². The van der Waals surface area contributed by atoms with Crippen LogP contribution >= 0.6 is 0 Å². The van der Waals surface area contributed by atoms with E-state index in [1.54, 1.807) is 0 Å². The molecule has 0 spiro atoms. The van der Waals surface area contributed by atoms with Gasteiger partial charge in [0, 0.05) is 6.61 Å². The van der Waals surface area contributed by atoms with Crippen LogP contribution in [0.25, 0.3) is 0 Å². The summed E-state index contributed by atoms with van der Waals surface area (Å²) in [4.78, 5) is 0. The summed E-state index contributed by atoms with van der Waals surface area (Å²) in [6.45, 7) is 11.1. The molecule has 90 valence electrons. The summed E-state index contributed by atoms with van der Waals surface area (Å²) in [5.74, 6) is 0.495. The van der Waals surface area contributed by atoms with E-state index >= 15 is 0 Å². The van der Waals surface area contributed by atoms with Crippen LogP contribution in [0.4, 0.5) is 0 Å². The molecule has 1 rings (SSSR count). The second kappa shape index (κ2) is 4.42. The lowest BCUT2D eigenvalue weighted by Gasteiger charge is -2.34. The minimum Gasteiger partial charge on any atom is -0.396 e. The molecule has 1 N–H and O–H groups in total. The molecule has 1 heterocycles. The van der Waals surface area contributed by atoms with E-state index in [4.69, 9.17) is 4.74 Å². The predicted molar refractivity (Wildman–Crippen MR) is 62.8 cm³/mol. The summed E-state index contributed by atoms with van der Waals surface area (Å²) in [7, 11) is 0. The summed E-state index contributed by atoms with van der Waals surface area (Å²) in [6, 6.07) is 0. The average Bonchev–Trinajstić information content (AvgIpc) is 2.45. The first-order valence-corrected chi connectivity index (χ1v) is 6.08. The Balaban J connectivity index is 2.54. The van der Waals surface area contributed by atoms with Crippen molar-refractivity contribution < 1.29 is 9.84 Å². The first-order chi connectivity index (χ1) is 6.79. The topological polar surface area (TPSA) is 29.5 Å². The summed E-state index contributed by atoms with van der Waals surface area (Å²) >= 11 is 0. The van der Waals surface area contributed by atoms with Gasteiger partial charge in [0.15, 0.2) is 0 Å². The van der Waals surface area contributed by atoms with Crippen molar-refractivity contribution in [3.8, 4) is 0 Å². The van der Waals surface area contributed by atoms with Crippen LogP contribution in [-0.2, 0) is 4.74 Å². The van der Waals surface area contributed by atoms with Crippen molar-refractivity contribution in [2.45, 2.75) is 65.6 Å². The van der Waals surface area contributed by atoms with Crippen molar-refractivity contribution in [1.82, 2.24) is 0 Å². The third-order valence-electron chi connectivity index (χ3n) is 4.00. The molecule has 0 amide bonds. The second-order valence-electron chi connectivity index (χ2n) is 6.21. The zero-order valence-electron chi connectivity index (χ0n) is 10.8. The van der Waals surface area contributed by atoms with Gasteiger partial charge in [-0.3, -0.25) is 0 Å². The van der Waals surface area contributed by atoms with Crippen molar-refractivity contribution in [2.24, 2.45) is 11.3 Å². The number of aliphatic hydroxyl groups excluding tert-OH is 1. The molecular formula is C13H26O2. The Bertz CT molecular complexity index is 211. The zero-order chi connectivity index (χ0) is 11.7. The van der Waals surface area contributed by atoms with Crippen LogP contribution < -0.4 is 0 Å². The molecule has 2 unspecified atom stereocenters. The Morgan fingerprint density at radius 2 is 2.07 bits per heavy atom. The van der Waals surface area contributed by atoms with Crippen LogP contribution in [0.3, 0.4) is 0 Å². The molecule has 0 aromatic carbocycles. The van der Waals surface area contributed by atoms with E-state index in [0.29, 0.717) is 12.0 Å². The highest BCUT2D eigenvalue weighted by molar-refractivity contribution is 4.87. The highest BCUT2D eigenvalue weighted by atomic mass is 16.5. The van der Waals surface area contributed by atoms with E-state index in [1.165, 1.54) is 0 Å². The van der Waals surface area contributed by atoms with Gasteiger partial charge in [-0.05, 0) is 44.4 Å². The highest BCUT2D eigenvalue weighted by Gasteiger charge is 2.37. The fraction of sp³-hybridized carbons (Fsp3) is 1.00. The molecule has 0 aromatic heterocycles. The van der Waals surface area contributed by atoms with Gasteiger partial charge in [0.1, 0.15) is 0 Å². The smallest absolute Gasteiger partial charge is 0.0631 e. The molecule has 1 aliphatic heterocycles. The van der Waals surface area contributed by atoms with Gasteiger partial charge in [0.2, 0.25) is 0 Å². The fourth-order valence-corrected chi connectivity index (χ4v) is 2.22. The molecule has 0 aliphatic carbocycles. The second-order valence-corrected chi connectivity index (χ2v) is 6.21. The molecule has 2 atom stereocenters. The van der Waals surface area contributed by atoms with Crippen LogP contribution in [0.2, 0.25) is 0 Å². The Morgan fingerprint density at radius 1 is 1.47 bits per heavy atom. The standard InChI is InChI=1S/C13H26O2/c1-10(2)13(5,9-14)8-11-6-7-12(3,4)15-11/h10-11,14H,6-9H2,1-5H3. The van der Waals surface area contributed by atoms with Crippen LogP contribution in [0, 0.1) is 11.3 Å². The first kappa shape index (κ1) is 13.0. The van der Waals surface area contributed by atoms with Crippen molar-refractivity contribution in [1.29, 1.82) is 0 Å². The van der Waals surface area contributed by atoms with Gasteiger partial charge in [-0.1, -0.05) is 20.8 Å². The lowest BCUT2D eigenvalue weighted by Crippen LogP contribution is -2.33. The normalized spacial score (nSPS) is 29.4. The molecule has 2 nitrogen and oxygen atoms in total. The van der Waals surface area contributed by atoms with E-state index in [-0.39, 0.29) is 17.6 Å². The van der Waals surface area contributed by atoms with Gasteiger partial charge in [0.25, 0.3) is 0 Å². The summed E-state index contributed by atoms with van der Waals surface area (Å²) in [5, 5.41) is 9.49. The maximum absolute atomic E-state index is 9.49. The van der Waals surface area contributed by atoms with Gasteiger partial charge in [-0.15, -0.1) is 0 Å². The molecule has 0 saturated carbocycles. The monoisotopic (exact) mass is 214 g/mol. The molecule has 1 fully saturated rings. The van der Waals surface area contributed by atoms with E-state index in [9.17, 15) is 5.11 Å². The third kappa shape index (κ3) is 3.18. The van der Waals surface area contributed by atoms with E-state index in [2.05, 4.69) is 34.6 Å². The van der Waals surface area contributed by atoms with Crippen molar-refractivity contribution in [3.05, 3.63) is 0 Å². The van der Waals surface area contributed by atoms with Crippen LogP contribution in [0.15, 0.2) is 0 Å². The molecule has 1 aliphatic rings. The van der Waals surface area contributed by atoms with Gasteiger partial charge >= 0.3 is 0 Å². The first-order valence-electron chi connectivity index (χ1n) is 6.08. The fourth-order valence-electron chi connectivity index (χ4n) is 2.22. The number of rotatable bonds is 4. The predicted octanol–water partition coefficient (Wildman–Crippen LogP) is 2.99. The van der Waals surface area contributed by atoms with E-state index in [1.807, 2.05) is 0 Å². The van der Waals surface area contributed by atoms with Gasteiger partial charge in [-0.25, -0.2) is 0 Å². The maximum atomic E-state index is 9.49. The Labute approximate surface area is 94.0 Å². The van der Waals surface area contributed by atoms with Crippen molar-refractivity contribution >= 4 is 0 Å². The molecule has 15 heavy (non-hydrogen) atoms. The van der Waals surface area contributed by atoms with E-state index < -0.39 is 0 Å². The number of hydrogen-bond donors (Lipinski definition) is 1. The van der Waals surface area contributed by atoms with Crippen LogP contribution in [0.1, 0.15) is 53.9 Å². The lowest BCUT2D eigenvalue weighted by molar-refractivity contribution is -0.0495. The summed E-state index contributed by atoms with van der Waals surface area (Å²) in [5.41, 5.74) is 0.0447. The molecular weight excluding hydrogens is 188 g/mol. The lowest BCUT2D eigenvalue weighted by atomic mass is 9.75. The van der Waals surface area contributed by atoms with Gasteiger partial charge in [0.05, 0.1) is 11.7 Å². The quantitative estimate of drug-likeness (QED) is 0.779. The molecule has 1 saturated heterocycles. The molecule has 2 heteroatoms. The van der Waals surface area contributed by atoms with Crippen molar-refractivity contribution in [3.63, 3.8) is 0 Å². The Hall–Kier alpha value is -0.0800. The minimum absolute atomic E-state index is 0.00505. The number of hydrogen-bond acceptors (Lipinski definition) is 2. The molecule has 0 bridgehead atoms. The maximum Gasteiger partial charge on any atom is 0.0631 e. The largest absolute Gasteiger partial charge is 0.396 e. The average molecular weight is 214 g/mol. The Morgan fingerprint density at radius 3 is 2.40 bits per heavy atom. The summed E-state index contributed by atoms with van der Waals surface area (Å²) < 4.78 is 5.99. The molecule has 0 radical (unpaired) electrons. The summed E-state index contributed by atoms with van der Waals surface area (Å²) in [6.07, 6.45) is 3.58. The SMILES string of the molecule is CC(C)C(C)(CO)CC1CCC(C)(C)O1. The third-order valence-corrected chi connectivity index (χ3v) is 4.00. The highest BCUT2D eigenvalue weighted by Crippen LogP contribution is 2.39. The van der Waals surface area contributed by atoms with Crippen LogP contribution in [0.5, 0.6) is 0 Å². The van der Waals surface area contributed by atoms with Gasteiger partial charge < -0.3 is 9.84 Å². The Kier molecular flexibility index (Phi) is 3.83. The van der Waals surface area contributed by atoms with Gasteiger partial charge in [-0.2, -0.15) is 0 Å². The zero-order valence-corrected chi connectivity index (χ0v) is 10.8.